The van der Waals surface area contributed by atoms with Gasteiger partial charge in [0.25, 0.3) is 0 Å². The van der Waals surface area contributed by atoms with Crippen molar-refractivity contribution in [2.24, 2.45) is 0 Å². The van der Waals surface area contributed by atoms with Crippen molar-refractivity contribution in [1.82, 2.24) is 5.32 Å². The summed E-state index contributed by atoms with van der Waals surface area (Å²) in [5, 5.41) is 13.9. The van der Waals surface area contributed by atoms with Crippen LogP contribution in [0.3, 0.4) is 0 Å². The summed E-state index contributed by atoms with van der Waals surface area (Å²) in [5.41, 5.74) is 0.557. The van der Waals surface area contributed by atoms with E-state index in [9.17, 15) is 14.4 Å². The molecule has 0 radical (unpaired) electrons. The first kappa shape index (κ1) is 18.8. The number of para-hydroxylation sites is 2. The monoisotopic (exact) mass is 340 g/mol. The van der Waals surface area contributed by atoms with Gasteiger partial charge >= 0.3 is 5.97 Å². The number of hydrogen-bond acceptors (Lipinski definition) is 5. The average molecular weight is 340 g/mol. The number of amides is 2. The molecule has 0 spiro atoms. The van der Waals surface area contributed by atoms with Crippen molar-refractivity contribution in [3.05, 3.63) is 24.3 Å². The van der Waals surface area contributed by atoms with Gasteiger partial charge in [-0.25, -0.2) is 4.79 Å². The van der Waals surface area contributed by atoms with Crippen LogP contribution in [0.25, 0.3) is 0 Å². The van der Waals surface area contributed by atoms with Crippen molar-refractivity contribution in [3.63, 3.8) is 0 Å². The molecule has 0 aliphatic heterocycles. The van der Waals surface area contributed by atoms with E-state index in [1.807, 2.05) is 0 Å². The second-order valence-electron chi connectivity index (χ2n) is 4.61. The van der Waals surface area contributed by atoms with Gasteiger partial charge in [0.2, 0.25) is 11.8 Å². The lowest BCUT2D eigenvalue weighted by Crippen LogP contribution is -2.41. The van der Waals surface area contributed by atoms with Gasteiger partial charge in [-0.1, -0.05) is 19.1 Å². The van der Waals surface area contributed by atoms with Crippen molar-refractivity contribution >= 4 is 35.2 Å². The van der Waals surface area contributed by atoms with E-state index < -0.39 is 17.9 Å². The predicted octanol–water partition coefficient (Wildman–Crippen LogP) is 1.35. The van der Waals surface area contributed by atoms with E-state index in [1.54, 1.807) is 31.2 Å². The van der Waals surface area contributed by atoms with Crippen molar-refractivity contribution in [2.45, 2.75) is 19.4 Å². The Hall–Kier alpha value is -2.22. The summed E-state index contributed by atoms with van der Waals surface area (Å²) in [6.45, 7) is 1.67. The molecule has 126 valence electrons. The largest absolute Gasteiger partial charge is 0.495 e. The SMILES string of the molecule is CCC(NC(=O)CSCC(=O)Nc1ccccc1OC)C(=O)O. The van der Waals surface area contributed by atoms with Crippen LogP contribution in [0.5, 0.6) is 5.75 Å². The molecule has 1 rings (SSSR count). The van der Waals surface area contributed by atoms with Gasteiger partial charge in [0.05, 0.1) is 24.3 Å². The van der Waals surface area contributed by atoms with Crippen LogP contribution in [0.2, 0.25) is 0 Å². The molecule has 1 atom stereocenters. The molecule has 8 heteroatoms. The number of aliphatic carboxylic acids is 1. The minimum absolute atomic E-state index is 0.0170. The van der Waals surface area contributed by atoms with E-state index in [0.717, 1.165) is 11.8 Å². The standard InChI is InChI=1S/C15H20N2O5S/c1-3-10(15(20)21)16-13(18)8-23-9-14(19)17-11-6-4-5-7-12(11)22-2/h4-7,10H,3,8-9H2,1-2H3,(H,16,18)(H,17,19)(H,20,21). The summed E-state index contributed by atoms with van der Waals surface area (Å²) < 4.78 is 5.13. The van der Waals surface area contributed by atoms with Crippen LogP contribution in [0.4, 0.5) is 5.69 Å². The fraction of sp³-hybridized carbons (Fsp3) is 0.400. The Bertz CT molecular complexity index is 565. The molecule has 1 aromatic carbocycles. The van der Waals surface area contributed by atoms with E-state index >= 15 is 0 Å². The summed E-state index contributed by atoms with van der Waals surface area (Å²) in [6.07, 6.45) is 0.306. The zero-order chi connectivity index (χ0) is 17.2. The zero-order valence-corrected chi connectivity index (χ0v) is 13.8. The quantitative estimate of drug-likeness (QED) is 0.627. The topological polar surface area (TPSA) is 105 Å². The van der Waals surface area contributed by atoms with Crippen molar-refractivity contribution in [2.75, 3.05) is 23.9 Å². The first-order chi connectivity index (χ1) is 11.0. The predicted molar refractivity (Wildman–Crippen MR) is 88.8 cm³/mol. The van der Waals surface area contributed by atoms with Crippen molar-refractivity contribution in [3.8, 4) is 5.75 Å². The molecular weight excluding hydrogens is 320 g/mol. The number of carboxylic acids is 1. The molecule has 0 heterocycles. The smallest absolute Gasteiger partial charge is 0.326 e. The molecule has 7 nitrogen and oxygen atoms in total. The maximum atomic E-state index is 11.8. The number of benzene rings is 1. The van der Waals surface area contributed by atoms with Gasteiger partial charge < -0.3 is 20.5 Å². The highest BCUT2D eigenvalue weighted by Gasteiger charge is 2.17. The number of methoxy groups -OCH3 is 1. The number of ether oxygens (including phenoxy) is 1. The van der Waals surface area contributed by atoms with Gasteiger partial charge in [0.15, 0.2) is 0 Å². The van der Waals surface area contributed by atoms with Crippen molar-refractivity contribution in [1.29, 1.82) is 0 Å². The highest BCUT2D eigenvalue weighted by atomic mass is 32.2. The third-order valence-electron chi connectivity index (χ3n) is 2.89. The fourth-order valence-corrected chi connectivity index (χ4v) is 2.37. The Morgan fingerprint density at radius 3 is 2.48 bits per heavy atom. The van der Waals surface area contributed by atoms with Gasteiger partial charge in [-0.2, -0.15) is 0 Å². The van der Waals surface area contributed by atoms with Crippen LogP contribution in [0.15, 0.2) is 24.3 Å². The molecule has 3 N–H and O–H groups in total. The van der Waals surface area contributed by atoms with E-state index in [1.165, 1.54) is 7.11 Å². The van der Waals surface area contributed by atoms with Crippen LogP contribution in [-0.4, -0.2) is 47.5 Å². The van der Waals surface area contributed by atoms with Gasteiger partial charge in [0, 0.05) is 0 Å². The molecule has 1 aromatic rings. The number of rotatable bonds is 9. The molecular formula is C15H20N2O5S. The maximum Gasteiger partial charge on any atom is 0.326 e. The minimum Gasteiger partial charge on any atom is -0.495 e. The Morgan fingerprint density at radius 2 is 1.87 bits per heavy atom. The third-order valence-corrected chi connectivity index (χ3v) is 3.82. The number of nitrogens with one attached hydrogen (secondary N) is 2. The number of thioether (sulfide) groups is 1. The van der Waals surface area contributed by atoms with Gasteiger partial charge in [-0.05, 0) is 18.6 Å². The van der Waals surface area contributed by atoms with Crippen LogP contribution in [0, 0.1) is 0 Å². The van der Waals surface area contributed by atoms with E-state index in [0.29, 0.717) is 17.9 Å². The molecule has 0 aliphatic carbocycles. The Kier molecular flexibility index (Phi) is 7.96. The lowest BCUT2D eigenvalue weighted by Gasteiger charge is -2.12. The van der Waals surface area contributed by atoms with Crippen molar-refractivity contribution < 1.29 is 24.2 Å². The summed E-state index contributed by atoms with van der Waals surface area (Å²) in [6, 6.07) is 6.11. The Morgan fingerprint density at radius 1 is 1.22 bits per heavy atom. The first-order valence-corrected chi connectivity index (χ1v) is 8.16. The maximum absolute atomic E-state index is 11.8. The van der Waals surface area contributed by atoms with Crippen LogP contribution in [0.1, 0.15) is 13.3 Å². The molecule has 0 aromatic heterocycles. The summed E-state index contributed by atoms with van der Waals surface area (Å²) in [4.78, 5) is 34.3. The minimum atomic E-state index is -1.07. The van der Waals surface area contributed by atoms with Crippen LogP contribution >= 0.6 is 11.8 Å². The third kappa shape index (κ3) is 6.60. The van der Waals surface area contributed by atoms with Gasteiger partial charge in [-0.15, -0.1) is 11.8 Å². The number of anilines is 1. The van der Waals surface area contributed by atoms with E-state index in [-0.39, 0.29) is 17.4 Å². The molecule has 23 heavy (non-hydrogen) atoms. The van der Waals surface area contributed by atoms with Crippen LogP contribution in [-0.2, 0) is 14.4 Å². The molecule has 0 saturated carbocycles. The second-order valence-corrected chi connectivity index (χ2v) is 5.59. The highest BCUT2D eigenvalue weighted by Crippen LogP contribution is 2.23. The molecule has 2 amide bonds. The zero-order valence-electron chi connectivity index (χ0n) is 13.0. The number of carbonyl (C=O) groups is 3. The lowest BCUT2D eigenvalue weighted by atomic mass is 10.2. The molecule has 0 aliphatic rings. The molecule has 0 bridgehead atoms. The molecule has 0 fully saturated rings. The van der Waals surface area contributed by atoms with E-state index in [2.05, 4.69) is 10.6 Å². The second kappa shape index (κ2) is 9.73. The average Bonchev–Trinajstić information content (AvgIpc) is 2.52. The normalized spacial score (nSPS) is 11.4. The van der Waals surface area contributed by atoms with Crippen LogP contribution < -0.4 is 15.4 Å². The summed E-state index contributed by atoms with van der Waals surface area (Å²) in [7, 11) is 1.51. The molecule has 1 unspecified atom stereocenters. The fourth-order valence-electron chi connectivity index (χ4n) is 1.75. The Labute approximate surface area is 138 Å². The number of carbonyl (C=O) groups excluding carboxylic acids is 2. The Balaban J connectivity index is 2.36. The lowest BCUT2D eigenvalue weighted by molar-refractivity contribution is -0.141. The van der Waals surface area contributed by atoms with Gasteiger partial charge in [0.1, 0.15) is 11.8 Å². The molecule has 0 saturated heterocycles. The number of hydrogen-bond donors (Lipinski definition) is 3. The summed E-state index contributed by atoms with van der Waals surface area (Å²) in [5.74, 6) is -1.10. The van der Waals surface area contributed by atoms with Gasteiger partial charge in [-0.3, -0.25) is 9.59 Å². The first-order valence-electron chi connectivity index (χ1n) is 7.00. The highest BCUT2D eigenvalue weighted by molar-refractivity contribution is 8.00. The number of carboxylic acid groups (broad SMARTS) is 1. The summed E-state index contributed by atoms with van der Waals surface area (Å²) >= 11 is 1.11. The van der Waals surface area contributed by atoms with E-state index in [4.69, 9.17) is 9.84 Å².